The van der Waals surface area contributed by atoms with Gasteiger partial charge in [0.1, 0.15) is 12.1 Å². The maximum atomic E-state index is 4.44. The SMILES string of the molecule is CCNc1ncnc2c1cnn2Cc1cccc(C)c1. The molecule has 2 heterocycles. The van der Waals surface area contributed by atoms with Gasteiger partial charge in [-0.05, 0) is 19.4 Å². The number of nitrogens with zero attached hydrogens (tertiary/aromatic N) is 4. The van der Waals surface area contributed by atoms with Crippen molar-refractivity contribution in [1.82, 2.24) is 19.7 Å². The number of aryl methyl sites for hydroxylation is 1. The van der Waals surface area contributed by atoms with Gasteiger partial charge in [0.25, 0.3) is 0 Å². The summed E-state index contributed by atoms with van der Waals surface area (Å²) >= 11 is 0. The molecule has 0 unspecified atom stereocenters. The van der Waals surface area contributed by atoms with Gasteiger partial charge in [0.05, 0.1) is 18.1 Å². The van der Waals surface area contributed by atoms with E-state index in [9.17, 15) is 0 Å². The smallest absolute Gasteiger partial charge is 0.163 e. The molecule has 102 valence electrons. The normalized spacial score (nSPS) is 10.9. The Morgan fingerprint density at radius 3 is 2.95 bits per heavy atom. The predicted octanol–water partition coefficient (Wildman–Crippen LogP) is 2.61. The molecular formula is C15H17N5. The van der Waals surface area contributed by atoms with Crippen molar-refractivity contribution < 1.29 is 0 Å². The molecule has 3 rings (SSSR count). The standard InChI is InChI=1S/C15H17N5/c1-3-16-14-13-8-19-20(15(13)18-10-17-14)9-12-6-4-5-11(2)7-12/h4-8,10H,3,9H2,1-2H3,(H,16,17,18). The highest BCUT2D eigenvalue weighted by atomic mass is 15.3. The minimum Gasteiger partial charge on any atom is -0.370 e. The first-order valence-corrected chi connectivity index (χ1v) is 6.74. The fourth-order valence-electron chi connectivity index (χ4n) is 2.30. The average Bonchev–Trinajstić information content (AvgIpc) is 2.84. The Labute approximate surface area is 117 Å². The summed E-state index contributed by atoms with van der Waals surface area (Å²) in [4.78, 5) is 8.61. The molecule has 0 saturated carbocycles. The molecule has 0 aliphatic rings. The molecule has 1 aromatic carbocycles. The molecular weight excluding hydrogens is 250 g/mol. The van der Waals surface area contributed by atoms with Gasteiger partial charge in [-0.3, -0.25) is 0 Å². The van der Waals surface area contributed by atoms with E-state index in [1.807, 2.05) is 17.8 Å². The molecule has 0 radical (unpaired) electrons. The van der Waals surface area contributed by atoms with Gasteiger partial charge in [-0.15, -0.1) is 0 Å². The maximum absolute atomic E-state index is 4.44. The molecule has 0 saturated heterocycles. The van der Waals surface area contributed by atoms with Gasteiger partial charge in [0, 0.05) is 6.54 Å². The van der Waals surface area contributed by atoms with Crippen LogP contribution in [0.25, 0.3) is 11.0 Å². The third kappa shape index (κ3) is 2.34. The summed E-state index contributed by atoms with van der Waals surface area (Å²) in [5.74, 6) is 0.841. The molecule has 5 nitrogen and oxygen atoms in total. The second-order valence-electron chi connectivity index (χ2n) is 4.78. The number of fused-ring (bicyclic) bond motifs is 1. The topological polar surface area (TPSA) is 55.6 Å². The largest absolute Gasteiger partial charge is 0.370 e. The van der Waals surface area contributed by atoms with Crippen LogP contribution in [0, 0.1) is 6.92 Å². The van der Waals surface area contributed by atoms with Crippen LogP contribution in [0.15, 0.2) is 36.8 Å². The highest BCUT2D eigenvalue weighted by molar-refractivity contribution is 5.86. The molecule has 0 bridgehead atoms. The molecule has 0 atom stereocenters. The van der Waals surface area contributed by atoms with Crippen LogP contribution >= 0.6 is 0 Å². The van der Waals surface area contributed by atoms with E-state index < -0.39 is 0 Å². The Bertz CT molecular complexity index is 732. The third-order valence-corrected chi connectivity index (χ3v) is 3.19. The minimum absolute atomic E-state index is 0.716. The van der Waals surface area contributed by atoms with Crippen LogP contribution in [0.2, 0.25) is 0 Å². The van der Waals surface area contributed by atoms with Gasteiger partial charge in [-0.2, -0.15) is 5.10 Å². The summed E-state index contributed by atoms with van der Waals surface area (Å²) in [6.07, 6.45) is 3.40. The summed E-state index contributed by atoms with van der Waals surface area (Å²) in [5, 5.41) is 8.63. The van der Waals surface area contributed by atoms with Crippen molar-refractivity contribution in [1.29, 1.82) is 0 Å². The second-order valence-corrected chi connectivity index (χ2v) is 4.78. The van der Waals surface area contributed by atoms with Gasteiger partial charge in [0.15, 0.2) is 5.65 Å². The minimum atomic E-state index is 0.716. The lowest BCUT2D eigenvalue weighted by Crippen LogP contribution is -2.04. The lowest BCUT2D eigenvalue weighted by Gasteiger charge is -2.05. The Balaban J connectivity index is 1.98. The van der Waals surface area contributed by atoms with Crippen LogP contribution in [-0.2, 0) is 6.54 Å². The van der Waals surface area contributed by atoms with E-state index in [4.69, 9.17) is 0 Å². The zero-order valence-corrected chi connectivity index (χ0v) is 11.7. The Morgan fingerprint density at radius 2 is 2.15 bits per heavy atom. The van der Waals surface area contributed by atoms with Crippen molar-refractivity contribution >= 4 is 16.9 Å². The summed E-state index contributed by atoms with van der Waals surface area (Å²) in [7, 11) is 0. The Hall–Kier alpha value is -2.43. The fraction of sp³-hybridized carbons (Fsp3) is 0.267. The van der Waals surface area contributed by atoms with E-state index in [2.05, 4.69) is 51.6 Å². The lowest BCUT2D eigenvalue weighted by molar-refractivity contribution is 0.703. The van der Waals surface area contributed by atoms with Crippen molar-refractivity contribution in [2.24, 2.45) is 0 Å². The van der Waals surface area contributed by atoms with Crippen molar-refractivity contribution in [2.75, 3.05) is 11.9 Å². The van der Waals surface area contributed by atoms with Crippen molar-refractivity contribution in [2.45, 2.75) is 20.4 Å². The van der Waals surface area contributed by atoms with E-state index in [0.717, 1.165) is 23.4 Å². The summed E-state index contributed by atoms with van der Waals surface area (Å²) in [5.41, 5.74) is 3.33. The fourth-order valence-corrected chi connectivity index (χ4v) is 2.30. The van der Waals surface area contributed by atoms with E-state index in [-0.39, 0.29) is 0 Å². The van der Waals surface area contributed by atoms with Crippen LogP contribution in [0.4, 0.5) is 5.82 Å². The van der Waals surface area contributed by atoms with E-state index in [0.29, 0.717) is 6.54 Å². The molecule has 0 fully saturated rings. The highest BCUT2D eigenvalue weighted by Crippen LogP contribution is 2.19. The van der Waals surface area contributed by atoms with E-state index in [1.54, 1.807) is 6.33 Å². The summed E-state index contributed by atoms with van der Waals surface area (Å²) in [6.45, 7) is 5.68. The van der Waals surface area contributed by atoms with Gasteiger partial charge in [-0.1, -0.05) is 29.8 Å². The highest BCUT2D eigenvalue weighted by Gasteiger charge is 2.09. The number of rotatable bonds is 4. The Morgan fingerprint density at radius 1 is 1.25 bits per heavy atom. The maximum Gasteiger partial charge on any atom is 0.163 e. The van der Waals surface area contributed by atoms with Crippen LogP contribution < -0.4 is 5.32 Å². The first kappa shape index (κ1) is 12.6. The van der Waals surface area contributed by atoms with Crippen molar-refractivity contribution in [3.63, 3.8) is 0 Å². The van der Waals surface area contributed by atoms with Crippen LogP contribution in [-0.4, -0.2) is 26.3 Å². The molecule has 0 spiro atoms. The van der Waals surface area contributed by atoms with Crippen LogP contribution in [0.1, 0.15) is 18.1 Å². The molecule has 0 aliphatic carbocycles. The third-order valence-electron chi connectivity index (χ3n) is 3.19. The lowest BCUT2D eigenvalue weighted by atomic mass is 10.1. The average molecular weight is 267 g/mol. The zero-order valence-electron chi connectivity index (χ0n) is 11.7. The molecule has 20 heavy (non-hydrogen) atoms. The Kier molecular flexibility index (Phi) is 3.33. The summed E-state index contributed by atoms with van der Waals surface area (Å²) in [6, 6.07) is 8.43. The summed E-state index contributed by atoms with van der Waals surface area (Å²) < 4.78 is 1.91. The number of anilines is 1. The van der Waals surface area contributed by atoms with Gasteiger partial charge in [0.2, 0.25) is 0 Å². The first-order valence-electron chi connectivity index (χ1n) is 6.74. The number of aromatic nitrogens is 4. The molecule has 2 aromatic heterocycles. The van der Waals surface area contributed by atoms with Crippen LogP contribution in [0.5, 0.6) is 0 Å². The number of hydrogen-bond acceptors (Lipinski definition) is 4. The predicted molar refractivity (Wildman–Crippen MR) is 79.8 cm³/mol. The zero-order chi connectivity index (χ0) is 13.9. The van der Waals surface area contributed by atoms with E-state index >= 15 is 0 Å². The molecule has 0 amide bonds. The monoisotopic (exact) mass is 267 g/mol. The number of hydrogen-bond donors (Lipinski definition) is 1. The van der Waals surface area contributed by atoms with E-state index in [1.165, 1.54) is 11.1 Å². The van der Waals surface area contributed by atoms with Crippen LogP contribution in [0.3, 0.4) is 0 Å². The van der Waals surface area contributed by atoms with Crippen molar-refractivity contribution in [3.05, 3.63) is 47.9 Å². The van der Waals surface area contributed by atoms with Gasteiger partial charge >= 0.3 is 0 Å². The molecule has 3 aromatic rings. The molecule has 5 heteroatoms. The van der Waals surface area contributed by atoms with Gasteiger partial charge < -0.3 is 5.32 Å². The second kappa shape index (κ2) is 5.28. The van der Waals surface area contributed by atoms with Crippen molar-refractivity contribution in [3.8, 4) is 0 Å². The number of benzene rings is 1. The van der Waals surface area contributed by atoms with Gasteiger partial charge in [-0.25, -0.2) is 14.6 Å². The molecule has 1 N–H and O–H groups in total. The quantitative estimate of drug-likeness (QED) is 0.789. The first-order chi connectivity index (χ1) is 9.78. The number of nitrogens with one attached hydrogen (secondary N) is 1. The molecule has 0 aliphatic heterocycles.